The Morgan fingerprint density at radius 3 is 1.46 bits per heavy atom. The molecule has 0 aromatic heterocycles. The van der Waals surface area contributed by atoms with Gasteiger partial charge < -0.3 is 5.11 Å². The van der Waals surface area contributed by atoms with E-state index < -0.39 is 16.8 Å². The van der Waals surface area contributed by atoms with Gasteiger partial charge in [-0.1, -0.05) is 69.2 Å². The van der Waals surface area contributed by atoms with Crippen LogP contribution in [0.1, 0.15) is 104 Å². The van der Waals surface area contributed by atoms with E-state index in [1.807, 2.05) is 13.8 Å². The summed E-state index contributed by atoms with van der Waals surface area (Å²) >= 11 is 4.15. The van der Waals surface area contributed by atoms with Crippen LogP contribution in [0.3, 0.4) is 0 Å². The van der Waals surface area contributed by atoms with Crippen molar-refractivity contribution in [1.29, 1.82) is 0 Å². The van der Waals surface area contributed by atoms with Gasteiger partial charge in [-0.05, 0) is 56.3 Å². The van der Waals surface area contributed by atoms with Crippen LogP contribution in [0, 0.1) is 27.1 Å². The predicted molar refractivity (Wildman–Crippen MR) is 128 cm³/mol. The summed E-state index contributed by atoms with van der Waals surface area (Å²) in [5, 5.41) is 10.0. The Bertz CT molecular complexity index is 639. The number of aliphatic carboxylic acids is 1. The lowest BCUT2D eigenvalue weighted by Gasteiger charge is -2.71. The number of rotatable bonds is 5. The number of hydrogen-bond donors (Lipinski definition) is 1. The van der Waals surface area contributed by atoms with Gasteiger partial charge in [-0.2, -0.15) is 0 Å². The van der Waals surface area contributed by atoms with Crippen molar-refractivity contribution < 1.29 is 9.90 Å². The van der Waals surface area contributed by atoms with E-state index in [4.69, 9.17) is 0 Å². The third kappa shape index (κ3) is 3.18. The summed E-state index contributed by atoms with van der Waals surface area (Å²) in [6, 6.07) is 0. The standard InChI is InChI=1S/C24H46O2S2/c1-17(2,16(25)26)18(3,4)19(5,6)20(7,8)24(15)21(9,10)22(11,12)27-23(13,14)28-24/h1-15H3,(H,25,26). The Hall–Kier alpha value is 0.170. The summed E-state index contributed by atoms with van der Waals surface area (Å²) < 4.78 is 0.123. The van der Waals surface area contributed by atoms with Crippen molar-refractivity contribution in [3.63, 3.8) is 0 Å². The number of hydrogen-bond acceptors (Lipinski definition) is 3. The van der Waals surface area contributed by atoms with E-state index in [1.54, 1.807) is 0 Å². The fourth-order valence-corrected chi connectivity index (χ4v) is 10.3. The smallest absolute Gasteiger partial charge is 0.309 e. The minimum Gasteiger partial charge on any atom is -0.481 e. The largest absolute Gasteiger partial charge is 0.481 e. The second-order valence-electron chi connectivity index (χ2n) is 12.6. The van der Waals surface area contributed by atoms with Crippen LogP contribution in [0.15, 0.2) is 0 Å². The molecule has 1 aliphatic rings. The third-order valence-corrected chi connectivity index (χ3v) is 14.0. The van der Waals surface area contributed by atoms with E-state index in [9.17, 15) is 9.90 Å². The van der Waals surface area contributed by atoms with Crippen LogP contribution in [-0.4, -0.2) is 24.6 Å². The van der Waals surface area contributed by atoms with Crippen molar-refractivity contribution in [2.75, 3.05) is 0 Å². The Kier molecular flexibility index (Phi) is 6.16. The zero-order valence-electron chi connectivity index (χ0n) is 21.2. The van der Waals surface area contributed by atoms with Crippen molar-refractivity contribution in [3.05, 3.63) is 0 Å². The monoisotopic (exact) mass is 430 g/mol. The van der Waals surface area contributed by atoms with Gasteiger partial charge in [-0.15, -0.1) is 23.5 Å². The predicted octanol–water partition coefficient (Wildman–Crippen LogP) is 7.96. The number of carboxylic acids is 1. The van der Waals surface area contributed by atoms with Crippen molar-refractivity contribution in [1.82, 2.24) is 0 Å². The fraction of sp³-hybridized carbons (Fsp3) is 0.958. The van der Waals surface area contributed by atoms with E-state index in [2.05, 4.69) is 114 Å². The molecule has 1 rings (SSSR count). The molecule has 28 heavy (non-hydrogen) atoms. The van der Waals surface area contributed by atoms with Crippen molar-refractivity contribution in [2.24, 2.45) is 27.1 Å². The lowest BCUT2D eigenvalue weighted by Crippen LogP contribution is -2.69. The molecule has 0 radical (unpaired) electrons. The van der Waals surface area contributed by atoms with E-state index in [0.717, 1.165) is 0 Å². The molecule has 0 aromatic rings. The maximum absolute atomic E-state index is 12.2. The average Bonchev–Trinajstić information content (AvgIpc) is 2.42. The zero-order valence-corrected chi connectivity index (χ0v) is 22.8. The highest BCUT2D eigenvalue weighted by Crippen LogP contribution is 2.75. The maximum atomic E-state index is 12.2. The Morgan fingerprint density at radius 1 is 0.714 bits per heavy atom. The average molecular weight is 431 g/mol. The molecule has 2 nitrogen and oxygen atoms in total. The molecule has 1 heterocycles. The molecule has 0 aromatic carbocycles. The highest BCUT2D eigenvalue weighted by Gasteiger charge is 2.70. The first kappa shape index (κ1) is 26.2. The third-order valence-electron chi connectivity index (χ3n) is 10.1. The number of carboxylic acid groups (broad SMARTS) is 1. The topological polar surface area (TPSA) is 37.3 Å². The van der Waals surface area contributed by atoms with Gasteiger partial charge in [-0.3, -0.25) is 4.79 Å². The van der Waals surface area contributed by atoms with Gasteiger partial charge in [0.2, 0.25) is 0 Å². The molecular weight excluding hydrogens is 384 g/mol. The molecule has 0 bridgehead atoms. The summed E-state index contributed by atoms with van der Waals surface area (Å²) in [7, 11) is 0. The van der Waals surface area contributed by atoms with E-state index in [1.165, 1.54) is 0 Å². The molecule has 0 aliphatic carbocycles. The first-order valence-electron chi connectivity index (χ1n) is 10.5. The van der Waals surface area contributed by atoms with E-state index in [-0.39, 0.29) is 29.8 Å². The molecule has 0 amide bonds. The molecule has 1 aliphatic heterocycles. The molecule has 1 atom stereocenters. The first-order chi connectivity index (χ1) is 11.9. The fourth-order valence-electron chi connectivity index (χ4n) is 5.29. The Labute approximate surface area is 183 Å². The lowest BCUT2D eigenvalue weighted by molar-refractivity contribution is -0.173. The van der Waals surface area contributed by atoms with Gasteiger partial charge in [0.1, 0.15) is 0 Å². The van der Waals surface area contributed by atoms with Crippen LogP contribution >= 0.6 is 23.5 Å². The molecule has 166 valence electrons. The molecule has 1 fully saturated rings. The molecule has 0 spiro atoms. The van der Waals surface area contributed by atoms with Crippen LogP contribution in [0.5, 0.6) is 0 Å². The SMILES string of the molecule is CC1(C)SC(C)(C)C(C)(C)C(C)(C(C)(C)C(C)(C)C(C)(C)C(C)(C)C(=O)O)S1. The van der Waals surface area contributed by atoms with Crippen molar-refractivity contribution in [3.8, 4) is 0 Å². The van der Waals surface area contributed by atoms with Crippen LogP contribution in [0.4, 0.5) is 0 Å². The minimum atomic E-state index is -0.840. The highest BCUT2D eigenvalue weighted by molar-refractivity contribution is 8.20. The molecule has 0 saturated carbocycles. The number of carbonyl (C=O) groups is 1. The summed E-state index contributed by atoms with van der Waals surface area (Å²) in [5.74, 6) is -0.724. The van der Waals surface area contributed by atoms with Gasteiger partial charge in [0, 0.05) is 9.49 Å². The normalized spacial score (nSPS) is 28.1. The first-order valence-corrected chi connectivity index (χ1v) is 12.1. The zero-order chi connectivity index (χ0) is 23.0. The summed E-state index contributed by atoms with van der Waals surface area (Å²) in [6.07, 6.45) is 0. The van der Waals surface area contributed by atoms with Gasteiger partial charge in [-0.25, -0.2) is 0 Å². The summed E-state index contributed by atoms with van der Waals surface area (Å²) in [6.45, 7) is 34.1. The van der Waals surface area contributed by atoms with E-state index >= 15 is 0 Å². The maximum Gasteiger partial charge on any atom is 0.309 e. The molecular formula is C24H46O2S2. The molecule has 1 N–H and O–H groups in total. The Balaban J connectivity index is 3.77. The van der Waals surface area contributed by atoms with Gasteiger partial charge >= 0.3 is 5.97 Å². The number of thioether (sulfide) groups is 2. The minimum absolute atomic E-state index is 0.0368. The Morgan fingerprint density at radius 2 is 1.11 bits per heavy atom. The second kappa shape index (κ2) is 6.58. The van der Waals surface area contributed by atoms with Crippen molar-refractivity contribution >= 4 is 29.5 Å². The second-order valence-corrected chi connectivity index (χ2v) is 17.1. The lowest BCUT2D eigenvalue weighted by atomic mass is 9.42. The van der Waals surface area contributed by atoms with Crippen LogP contribution in [0.25, 0.3) is 0 Å². The van der Waals surface area contributed by atoms with Gasteiger partial charge in [0.25, 0.3) is 0 Å². The molecule has 1 saturated heterocycles. The molecule has 4 heteroatoms. The quantitative estimate of drug-likeness (QED) is 0.480. The van der Waals surface area contributed by atoms with Crippen LogP contribution < -0.4 is 0 Å². The summed E-state index contributed by atoms with van der Waals surface area (Å²) in [5.41, 5.74) is -1.61. The van der Waals surface area contributed by atoms with Crippen LogP contribution in [0.2, 0.25) is 0 Å². The summed E-state index contributed by atoms with van der Waals surface area (Å²) in [4.78, 5) is 12.2. The molecule has 1 unspecified atom stereocenters. The van der Waals surface area contributed by atoms with Gasteiger partial charge in [0.15, 0.2) is 0 Å². The van der Waals surface area contributed by atoms with Gasteiger partial charge in [0.05, 0.1) is 9.49 Å². The highest BCUT2D eigenvalue weighted by atomic mass is 32.2. The van der Waals surface area contributed by atoms with Crippen molar-refractivity contribution in [2.45, 2.75) is 117 Å². The van der Waals surface area contributed by atoms with E-state index in [0.29, 0.717) is 0 Å². The van der Waals surface area contributed by atoms with Crippen LogP contribution in [-0.2, 0) is 4.79 Å².